The fourth-order valence-electron chi connectivity index (χ4n) is 4.85. The van der Waals surface area contributed by atoms with Gasteiger partial charge in [0.1, 0.15) is 0 Å². The monoisotopic (exact) mass is 284 g/mol. The van der Waals surface area contributed by atoms with E-state index in [2.05, 4.69) is 40.5 Å². The van der Waals surface area contributed by atoms with Crippen molar-refractivity contribution in [3.63, 3.8) is 0 Å². The van der Waals surface area contributed by atoms with Gasteiger partial charge >= 0.3 is 0 Å². The van der Waals surface area contributed by atoms with Gasteiger partial charge in [-0.3, -0.25) is 4.90 Å². The van der Waals surface area contributed by atoms with E-state index in [0.717, 1.165) is 30.5 Å². The molecular weight excluding hydrogens is 256 g/mol. The van der Waals surface area contributed by atoms with Crippen LogP contribution < -0.4 is 5.32 Å². The zero-order valence-corrected chi connectivity index (χ0v) is 13.0. The first kappa shape index (κ1) is 13.8. The zero-order chi connectivity index (χ0) is 14.1. The van der Waals surface area contributed by atoms with Gasteiger partial charge in [-0.2, -0.15) is 0 Å². The first-order valence-corrected chi connectivity index (χ1v) is 8.89. The van der Waals surface area contributed by atoms with Crippen LogP contribution in [0.2, 0.25) is 0 Å². The van der Waals surface area contributed by atoms with Crippen LogP contribution in [0.4, 0.5) is 0 Å². The van der Waals surface area contributed by atoms with Crippen LogP contribution in [0.25, 0.3) is 0 Å². The highest BCUT2D eigenvalue weighted by Gasteiger charge is 2.40. The zero-order valence-electron chi connectivity index (χ0n) is 13.0. The molecule has 114 valence electrons. The van der Waals surface area contributed by atoms with Gasteiger partial charge in [0.15, 0.2) is 0 Å². The van der Waals surface area contributed by atoms with E-state index < -0.39 is 0 Å². The number of hydrogen-bond acceptors (Lipinski definition) is 2. The van der Waals surface area contributed by atoms with Crippen LogP contribution in [0.1, 0.15) is 44.1 Å². The first-order chi connectivity index (χ1) is 10.4. The van der Waals surface area contributed by atoms with E-state index in [1.807, 2.05) is 0 Å². The quantitative estimate of drug-likeness (QED) is 0.911. The normalized spacial score (nSPS) is 33.6. The van der Waals surface area contributed by atoms with E-state index in [4.69, 9.17) is 0 Å². The van der Waals surface area contributed by atoms with Crippen molar-refractivity contribution in [3.8, 4) is 0 Å². The molecule has 0 aromatic heterocycles. The van der Waals surface area contributed by atoms with E-state index in [0.29, 0.717) is 0 Å². The molecule has 2 bridgehead atoms. The summed E-state index contributed by atoms with van der Waals surface area (Å²) in [6, 6.07) is 12.5. The number of nitrogens with zero attached hydrogens (tertiary/aromatic N) is 1. The molecule has 1 aliphatic heterocycles. The van der Waals surface area contributed by atoms with Crippen molar-refractivity contribution in [1.29, 1.82) is 0 Å². The Balaban J connectivity index is 1.23. The molecule has 2 nitrogen and oxygen atoms in total. The van der Waals surface area contributed by atoms with E-state index in [1.165, 1.54) is 57.2 Å². The topological polar surface area (TPSA) is 15.3 Å². The van der Waals surface area contributed by atoms with Gasteiger partial charge in [0.2, 0.25) is 0 Å². The first-order valence-electron chi connectivity index (χ1n) is 8.89. The van der Waals surface area contributed by atoms with Gasteiger partial charge < -0.3 is 5.32 Å². The Hall–Kier alpha value is -0.860. The molecule has 0 radical (unpaired) electrons. The lowest BCUT2D eigenvalue weighted by molar-refractivity contribution is 0.175. The number of benzene rings is 1. The van der Waals surface area contributed by atoms with Crippen molar-refractivity contribution in [3.05, 3.63) is 35.9 Å². The maximum absolute atomic E-state index is 4.01. The molecule has 2 heteroatoms. The lowest BCUT2D eigenvalue weighted by atomic mass is 9.93. The lowest BCUT2D eigenvalue weighted by Gasteiger charge is -2.35. The molecule has 1 aromatic carbocycles. The molecule has 1 heterocycles. The standard InChI is InChI=1S/C19H28N2/c1-2-4-15(5-3-1)14-21-10-8-18(9-11-21)20-19-13-16-6-7-17(19)12-16/h1-5,16-20H,6-14H2/t16-,17-,19+/m0/s1. The molecule has 2 saturated carbocycles. The van der Waals surface area contributed by atoms with Gasteiger partial charge in [-0.15, -0.1) is 0 Å². The molecule has 3 fully saturated rings. The second kappa shape index (κ2) is 6.10. The predicted molar refractivity (Wildman–Crippen MR) is 87.1 cm³/mol. The third-order valence-corrected chi connectivity index (χ3v) is 6.02. The molecule has 1 aromatic rings. The fourth-order valence-corrected chi connectivity index (χ4v) is 4.85. The predicted octanol–water partition coefficient (Wildman–Crippen LogP) is 3.43. The second-order valence-electron chi connectivity index (χ2n) is 7.48. The van der Waals surface area contributed by atoms with Crippen LogP contribution in [-0.2, 0) is 6.54 Å². The van der Waals surface area contributed by atoms with Gasteiger partial charge in [-0.1, -0.05) is 36.8 Å². The summed E-state index contributed by atoms with van der Waals surface area (Å²) < 4.78 is 0. The summed E-state index contributed by atoms with van der Waals surface area (Å²) in [4.78, 5) is 2.62. The summed E-state index contributed by atoms with van der Waals surface area (Å²) in [6.07, 6.45) is 8.66. The van der Waals surface area contributed by atoms with Crippen LogP contribution in [0.5, 0.6) is 0 Å². The van der Waals surface area contributed by atoms with Crippen molar-refractivity contribution in [1.82, 2.24) is 10.2 Å². The smallest absolute Gasteiger partial charge is 0.0233 e. The average Bonchev–Trinajstić information content (AvgIpc) is 3.13. The second-order valence-corrected chi connectivity index (χ2v) is 7.48. The van der Waals surface area contributed by atoms with Crippen LogP contribution in [0.3, 0.4) is 0 Å². The van der Waals surface area contributed by atoms with Crippen LogP contribution >= 0.6 is 0 Å². The van der Waals surface area contributed by atoms with Crippen LogP contribution in [0.15, 0.2) is 30.3 Å². The minimum Gasteiger partial charge on any atom is -0.311 e. The van der Waals surface area contributed by atoms with Gasteiger partial charge in [-0.05, 0) is 62.6 Å². The summed E-state index contributed by atoms with van der Waals surface area (Å²) in [7, 11) is 0. The molecule has 2 aliphatic carbocycles. The van der Waals surface area contributed by atoms with Crippen molar-refractivity contribution in [2.24, 2.45) is 11.8 Å². The average molecular weight is 284 g/mol. The minimum absolute atomic E-state index is 0.779. The molecule has 0 spiro atoms. The molecule has 0 unspecified atom stereocenters. The number of likely N-dealkylation sites (tertiary alicyclic amines) is 1. The minimum atomic E-state index is 0.779. The van der Waals surface area contributed by atoms with Gasteiger partial charge in [-0.25, -0.2) is 0 Å². The molecule has 21 heavy (non-hydrogen) atoms. The summed E-state index contributed by atoms with van der Waals surface area (Å²) in [5, 5.41) is 4.01. The summed E-state index contributed by atoms with van der Waals surface area (Å²) in [5.41, 5.74) is 1.46. The molecule has 0 amide bonds. The van der Waals surface area contributed by atoms with E-state index in [1.54, 1.807) is 0 Å². The van der Waals surface area contributed by atoms with Crippen molar-refractivity contribution in [2.45, 2.75) is 57.2 Å². The van der Waals surface area contributed by atoms with Crippen molar-refractivity contribution in [2.75, 3.05) is 13.1 Å². The molecule has 1 N–H and O–H groups in total. The molecule has 1 saturated heterocycles. The summed E-state index contributed by atoms with van der Waals surface area (Å²) in [6.45, 7) is 3.64. The highest BCUT2D eigenvalue weighted by molar-refractivity contribution is 5.14. The van der Waals surface area contributed by atoms with Crippen LogP contribution in [0, 0.1) is 11.8 Å². The molecule has 3 atom stereocenters. The Bertz CT molecular complexity index is 450. The number of fused-ring (bicyclic) bond motifs is 2. The third kappa shape index (κ3) is 3.17. The lowest BCUT2D eigenvalue weighted by Crippen LogP contribution is -2.47. The van der Waals surface area contributed by atoms with Gasteiger partial charge in [0.25, 0.3) is 0 Å². The Morgan fingerprint density at radius 1 is 0.952 bits per heavy atom. The van der Waals surface area contributed by atoms with Crippen molar-refractivity contribution >= 4 is 0 Å². The van der Waals surface area contributed by atoms with Crippen LogP contribution in [-0.4, -0.2) is 30.1 Å². The van der Waals surface area contributed by atoms with Crippen molar-refractivity contribution < 1.29 is 0 Å². The highest BCUT2D eigenvalue weighted by atomic mass is 15.1. The van der Waals surface area contributed by atoms with E-state index in [-0.39, 0.29) is 0 Å². The Labute approximate surface area is 128 Å². The van der Waals surface area contributed by atoms with Gasteiger partial charge in [0, 0.05) is 18.6 Å². The highest BCUT2D eigenvalue weighted by Crippen LogP contribution is 2.44. The summed E-state index contributed by atoms with van der Waals surface area (Å²) >= 11 is 0. The SMILES string of the molecule is c1ccc(CN2CCC(N[C@@H]3C[C@H]4CC[C@H]3C4)CC2)cc1. The van der Waals surface area contributed by atoms with Gasteiger partial charge in [0.05, 0.1) is 0 Å². The maximum atomic E-state index is 4.01. The largest absolute Gasteiger partial charge is 0.311 e. The Morgan fingerprint density at radius 2 is 1.76 bits per heavy atom. The van der Waals surface area contributed by atoms with E-state index in [9.17, 15) is 0 Å². The number of nitrogens with one attached hydrogen (secondary N) is 1. The molecule has 4 rings (SSSR count). The Kier molecular flexibility index (Phi) is 4.00. The maximum Gasteiger partial charge on any atom is 0.0233 e. The third-order valence-electron chi connectivity index (χ3n) is 6.02. The molecular formula is C19H28N2. The number of hydrogen-bond donors (Lipinski definition) is 1. The number of piperidine rings is 1. The number of rotatable bonds is 4. The Morgan fingerprint density at radius 3 is 2.43 bits per heavy atom. The molecule has 3 aliphatic rings. The fraction of sp³-hybridized carbons (Fsp3) is 0.684. The summed E-state index contributed by atoms with van der Waals surface area (Å²) in [5.74, 6) is 2.07. The van der Waals surface area contributed by atoms with E-state index >= 15 is 0 Å².